The van der Waals surface area contributed by atoms with Crippen molar-refractivity contribution in [2.45, 2.75) is 90.9 Å². The van der Waals surface area contributed by atoms with Gasteiger partial charge in [0.1, 0.15) is 0 Å². The maximum atomic E-state index is 2.73. The maximum absolute atomic E-state index is 2.73. The van der Waals surface area contributed by atoms with Crippen molar-refractivity contribution in [3.63, 3.8) is 0 Å². The molecule has 0 saturated carbocycles. The van der Waals surface area contributed by atoms with Crippen molar-refractivity contribution < 1.29 is 0 Å². The Labute approximate surface area is 392 Å². The normalized spacial score (nSPS) is 15.9. The summed E-state index contributed by atoms with van der Waals surface area (Å²) in [5.41, 5.74) is 25.6. The molecule has 0 bridgehead atoms. The van der Waals surface area contributed by atoms with E-state index in [2.05, 4.69) is 218 Å². The van der Waals surface area contributed by atoms with Crippen molar-refractivity contribution in [2.75, 3.05) is 4.81 Å². The van der Waals surface area contributed by atoms with Crippen molar-refractivity contribution in [1.29, 1.82) is 0 Å². The Bertz CT molecular complexity index is 3840. The number of hydrogen-bond donors (Lipinski definition) is 0. The lowest BCUT2D eigenvalue weighted by molar-refractivity contribution is 0.584. The molecule has 0 fully saturated rings. The predicted molar refractivity (Wildman–Crippen MR) is 285 cm³/mol. The van der Waals surface area contributed by atoms with Crippen LogP contribution in [0.1, 0.15) is 103 Å². The molecule has 0 radical (unpaired) electrons. The van der Waals surface area contributed by atoms with E-state index in [0.29, 0.717) is 0 Å². The van der Waals surface area contributed by atoms with Crippen molar-refractivity contribution in [3.05, 3.63) is 173 Å². The summed E-state index contributed by atoms with van der Waals surface area (Å²) in [5, 5.41) is 5.33. The fraction of sp³-hybridized carbons (Fsp3) is 0.226. The molecule has 0 amide bonds. The molecule has 4 heteroatoms. The summed E-state index contributed by atoms with van der Waals surface area (Å²) in [6.45, 7) is 23.6. The molecule has 2 nitrogen and oxygen atoms in total. The highest BCUT2D eigenvalue weighted by molar-refractivity contribution is 7.26. The van der Waals surface area contributed by atoms with E-state index in [4.69, 9.17) is 0 Å². The lowest BCUT2D eigenvalue weighted by Crippen LogP contribution is -2.60. The summed E-state index contributed by atoms with van der Waals surface area (Å²) in [6.07, 6.45) is 0. The fourth-order valence-corrected chi connectivity index (χ4v) is 14.0. The molecule has 320 valence electrons. The zero-order valence-corrected chi connectivity index (χ0v) is 40.5. The molecule has 0 unspecified atom stereocenters. The minimum Gasteiger partial charge on any atom is -0.376 e. The van der Waals surface area contributed by atoms with Crippen LogP contribution in [0.3, 0.4) is 0 Å². The third kappa shape index (κ3) is 4.83. The molecular weight excluding hydrogens is 816 g/mol. The Hall–Kier alpha value is -6.36. The van der Waals surface area contributed by atoms with Crippen LogP contribution in [-0.2, 0) is 21.7 Å². The Morgan fingerprint density at radius 1 is 0.455 bits per heavy atom. The topological polar surface area (TPSA) is 8.17 Å². The zero-order chi connectivity index (χ0) is 45.1. The zero-order valence-electron chi connectivity index (χ0n) is 39.7. The molecule has 10 aromatic rings. The number of rotatable bonds is 1. The van der Waals surface area contributed by atoms with Crippen LogP contribution in [0.25, 0.3) is 81.0 Å². The van der Waals surface area contributed by atoms with Crippen LogP contribution < -0.4 is 15.7 Å². The number of fused-ring (bicyclic) bond motifs is 17. The Kier molecular flexibility index (Phi) is 7.27. The minimum absolute atomic E-state index is 0.0413. The molecule has 66 heavy (non-hydrogen) atoms. The summed E-state index contributed by atoms with van der Waals surface area (Å²) >= 11 is 1.93. The molecule has 0 saturated heterocycles. The van der Waals surface area contributed by atoms with E-state index in [1.165, 1.54) is 137 Å². The van der Waals surface area contributed by atoms with E-state index in [9.17, 15) is 0 Å². The first-order valence-corrected chi connectivity index (χ1v) is 24.8. The lowest BCUT2D eigenvalue weighted by atomic mass is 9.44. The predicted octanol–water partition coefficient (Wildman–Crippen LogP) is 15.6. The molecular formula is C62H53BN2S. The summed E-state index contributed by atoms with van der Waals surface area (Å²) < 4.78 is 5.36. The van der Waals surface area contributed by atoms with Gasteiger partial charge < -0.3 is 9.38 Å². The van der Waals surface area contributed by atoms with Gasteiger partial charge in [-0.2, -0.15) is 0 Å². The summed E-state index contributed by atoms with van der Waals surface area (Å²) in [6, 6.07) is 55.3. The van der Waals surface area contributed by atoms with Gasteiger partial charge in [0.25, 0.3) is 0 Å². The number of thiophene rings is 1. The Balaban J connectivity index is 1.13. The van der Waals surface area contributed by atoms with Crippen LogP contribution in [0.4, 0.5) is 11.4 Å². The summed E-state index contributed by atoms with van der Waals surface area (Å²) in [5.74, 6) is 0. The molecule has 2 aliphatic carbocycles. The molecule has 4 heterocycles. The first-order valence-electron chi connectivity index (χ1n) is 24.0. The SMILES string of the molecule is CC(C)(C)c1ccc(N2B3c4cc5sc6ccccc6c5cc4-n4c5cc6c(cc5c5ccc(c3c54)-c3cc4c(cc32)-c2ccc(C(C)(C)C)cc2C4(C)C)C(C)(C)c2ccccc2-6)cc1. The van der Waals surface area contributed by atoms with E-state index in [-0.39, 0.29) is 28.5 Å². The highest BCUT2D eigenvalue weighted by Crippen LogP contribution is 2.56. The van der Waals surface area contributed by atoms with Gasteiger partial charge in [-0.3, -0.25) is 0 Å². The van der Waals surface area contributed by atoms with Gasteiger partial charge in [0.05, 0.1) is 11.0 Å². The van der Waals surface area contributed by atoms with Crippen LogP contribution >= 0.6 is 11.3 Å². The maximum Gasteiger partial charge on any atom is 0.333 e. The summed E-state index contributed by atoms with van der Waals surface area (Å²) in [4.78, 5) is 2.73. The number of benzene rings is 8. The van der Waals surface area contributed by atoms with Crippen LogP contribution in [0, 0.1) is 0 Å². The van der Waals surface area contributed by atoms with Gasteiger partial charge in [-0.25, -0.2) is 0 Å². The molecule has 14 rings (SSSR count). The first kappa shape index (κ1) is 38.9. The minimum atomic E-state index is -0.156. The molecule has 0 N–H and O–H groups in total. The van der Waals surface area contributed by atoms with Gasteiger partial charge in [0.2, 0.25) is 0 Å². The van der Waals surface area contributed by atoms with E-state index in [1.54, 1.807) is 0 Å². The fourth-order valence-electron chi connectivity index (χ4n) is 12.9. The average molecular weight is 869 g/mol. The van der Waals surface area contributed by atoms with Gasteiger partial charge in [-0.05, 0) is 138 Å². The lowest BCUT2D eigenvalue weighted by Gasteiger charge is -2.42. The summed E-state index contributed by atoms with van der Waals surface area (Å²) in [7, 11) is 0. The smallest absolute Gasteiger partial charge is 0.333 e. The third-order valence-electron chi connectivity index (χ3n) is 16.5. The monoisotopic (exact) mass is 868 g/mol. The second kappa shape index (κ2) is 12.3. The second-order valence-corrected chi connectivity index (χ2v) is 24.1. The van der Waals surface area contributed by atoms with Crippen molar-refractivity contribution >= 4 is 82.5 Å². The molecule has 0 atom stereocenters. The van der Waals surface area contributed by atoms with Gasteiger partial charge >= 0.3 is 6.85 Å². The Morgan fingerprint density at radius 3 is 1.89 bits per heavy atom. The number of anilines is 2. The van der Waals surface area contributed by atoms with Crippen LogP contribution in [-0.4, -0.2) is 11.4 Å². The van der Waals surface area contributed by atoms with Crippen molar-refractivity contribution in [3.8, 4) is 39.1 Å². The number of aromatic nitrogens is 1. The van der Waals surface area contributed by atoms with E-state index in [0.717, 1.165) is 0 Å². The molecule has 0 spiro atoms. The Morgan fingerprint density at radius 2 is 1.11 bits per heavy atom. The van der Waals surface area contributed by atoms with Gasteiger partial charge in [-0.1, -0.05) is 154 Å². The third-order valence-corrected chi connectivity index (χ3v) is 17.6. The van der Waals surface area contributed by atoms with Crippen LogP contribution in [0.2, 0.25) is 0 Å². The molecule has 4 aliphatic rings. The number of hydrogen-bond acceptors (Lipinski definition) is 2. The van der Waals surface area contributed by atoms with Crippen LogP contribution in [0.15, 0.2) is 140 Å². The largest absolute Gasteiger partial charge is 0.376 e. The molecule has 2 aliphatic heterocycles. The second-order valence-electron chi connectivity index (χ2n) is 23.0. The van der Waals surface area contributed by atoms with E-state index in [1.807, 2.05) is 11.3 Å². The standard InChI is InChI=1S/C62H53BN2S/c1-59(2,3)34-19-22-36(23-20-34)65-53-31-43-38-24-21-35(60(4,5)6)27-48(38)62(9,10)50(43)28-44(53)40-25-26-41-45-29-49-42(37-15-11-13-17-47(37)61(49,7)8)30-52(45)64-54-32-46-39-16-12-14-18-55(39)66-56(46)33-51(54)63(65)57(40)58(41)64/h11-33H,1-10H3. The first-order chi connectivity index (χ1) is 31.5. The van der Waals surface area contributed by atoms with Crippen molar-refractivity contribution in [1.82, 2.24) is 4.57 Å². The highest BCUT2D eigenvalue weighted by atomic mass is 32.1. The van der Waals surface area contributed by atoms with E-state index >= 15 is 0 Å². The van der Waals surface area contributed by atoms with E-state index < -0.39 is 0 Å². The van der Waals surface area contributed by atoms with Gasteiger partial charge in [0.15, 0.2) is 0 Å². The van der Waals surface area contributed by atoms with Crippen LogP contribution in [0.5, 0.6) is 0 Å². The molecule has 2 aromatic heterocycles. The van der Waals surface area contributed by atoms with Crippen molar-refractivity contribution in [2.24, 2.45) is 0 Å². The average Bonchev–Trinajstić information content (AvgIpc) is 3.96. The van der Waals surface area contributed by atoms with Gasteiger partial charge in [0, 0.05) is 64.4 Å². The number of nitrogens with zero attached hydrogens (tertiary/aromatic N) is 2. The highest BCUT2D eigenvalue weighted by Gasteiger charge is 2.47. The quantitative estimate of drug-likeness (QED) is 0.149. The molecule has 8 aromatic carbocycles. The van der Waals surface area contributed by atoms with Gasteiger partial charge in [-0.15, -0.1) is 11.3 Å².